The van der Waals surface area contributed by atoms with Gasteiger partial charge >= 0.3 is 0 Å². The van der Waals surface area contributed by atoms with E-state index in [9.17, 15) is 4.79 Å². The predicted molar refractivity (Wildman–Crippen MR) is 52.5 cm³/mol. The van der Waals surface area contributed by atoms with E-state index in [4.69, 9.17) is 16.3 Å². The second-order valence-corrected chi connectivity index (χ2v) is 2.78. The lowest BCUT2D eigenvalue weighted by Gasteiger charge is -2.07. The van der Waals surface area contributed by atoms with E-state index in [1.165, 1.54) is 0 Å². The highest BCUT2D eigenvalue weighted by atomic mass is 35.5. The minimum absolute atomic E-state index is 0.338. The van der Waals surface area contributed by atoms with Crippen molar-refractivity contribution in [1.29, 1.82) is 0 Å². The lowest BCUT2D eigenvalue weighted by atomic mass is 10.2. The maximum Gasteiger partial charge on any atom is 0.153 e. The highest BCUT2D eigenvalue weighted by Gasteiger charge is 2.05. The second-order valence-electron chi connectivity index (χ2n) is 2.38. The summed E-state index contributed by atoms with van der Waals surface area (Å²) in [6, 6.07) is 5.02. The molecule has 0 aromatic heterocycles. The molecule has 0 fully saturated rings. The molecule has 13 heavy (non-hydrogen) atoms. The Labute approximate surface area is 81.8 Å². The third-order valence-electron chi connectivity index (χ3n) is 1.47. The van der Waals surface area contributed by atoms with E-state index >= 15 is 0 Å². The molecule has 1 aromatic rings. The summed E-state index contributed by atoms with van der Waals surface area (Å²) in [5.41, 5.74) is 0.453. The predicted octanol–water partition coefficient (Wildman–Crippen LogP) is 2.72. The van der Waals surface area contributed by atoms with Crippen LogP contribution in [0.4, 0.5) is 0 Å². The van der Waals surface area contributed by atoms with Gasteiger partial charge in [-0.2, -0.15) is 0 Å². The van der Waals surface area contributed by atoms with Gasteiger partial charge in [0.05, 0.1) is 10.6 Å². The maximum absolute atomic E-state index is 10.6. The van der Waals surface area contributed by atoms with Crippen LogP contribution in [0.2, 0.25) is 5.02 Å². The Morgan fingerprint density at radius 3 is 2.92 bits per heavy atom. The van der Waals surface area contributed by atoms with Gasteiger partial charge in [0.2, 0.25) is 0 Å². The third-order valence-corrected chi connectivity index (χ3v) is 1.77. The van der Waals surface area contributed by atoms with Crippen molar-refractivity contribution < 1.29 is 9.53 Å². The largest absolute Gasteiger partial charge is 0.487 e. The summed E-state index contributed by atoms with van der Waals surface area (Å²) in [6.07, 6.45) is 2.31. The molecule has 1 aromatic carbocycles. The van der Waals surface area contributed by atoms with Crippen molar-refractivity contribution >= 4 is 17.9 Å². The van der Waals surface area contributed by atoms with E-state index in [0.29, 0.717) is 29.2 Å². The van der Waals surface area contributed by atoms with Crippen molar-refractivity contribution in [2.75, 3.05) is 6.61 Å². The Morgan fingerprint density at radius 2 is 2.31 bits per heavy atom. The molecule has 0 unspecified atom stereocenters. The van der Waals surface area contributed by atoms with Crippen LogP contribution in [-0.4, -0.2) is 12.9 Å². The number of carbonyl (C=O) groups excluding carboxylic acids is 1. The highest BCUT2D eigenvalue weighted by Crippen LogP contribution is 2.27. The SMILES string of the molecule is C=CCOc1c(Cl)cccc1C=O. The number of ether oxygens (including phenoxy) is 1. The fourth-order valence-electron chi connectivity index (χ4n) is 0.913. The van der Waals surface area contributed by atoms with Gasteiger partial charge in [-0.25, -0.2) is 0 Å². The number of carbonyl (C=O) groups is 1. The Balaban J connectivity index is 2.99. The van der Waals surface area contributed by atoms with Gasteiger partial charge in [0, 0.05) is 0 Å². The first kappa shape index (κ1) is 9.81. The molecule has 0 saturated carbocycles. The van der Waals surface area contributed by atoms with Gasteiger partial charge in [0.25, 0.3) is 0 Å². The monoisotopic (exact) mass is 196 g/mol. The minimum atomic E-state index is 0.338. The summed E-state index contributed by atoms with van der Waals surface area (Å²) in [6.45, 7) is 3.84. The molecule has 68 valence electrons. The van der Waals surface area contributed by atoms with E-state index in [1.807, 2.05) is 0 Å². The van der Waals surface area contributed by atoms with Crippen LogP contribution in [0.5, 0.6) is 5.75 Å². The van der Waals surface area contributed by atoms with E-state index in [-0.39, 0.29) is 0 Å². The summed E-state index contributed by atoms with van der Waals surface area (Å²) in [4.78, 5) is 10.6. The van der Waals surface area contributed by atoms with E-state index < -0.39 is 0 Å². The Morgan fingerprint density at radius 1 is 1.54 bits per heavy atom. The zero-order chi connectivity index (χ0) is 9.68. The summed E-state index contributed by atoms with van der Waals surface area (Å²) in [5, 5.41) is 0.437. The van der Waals surface area contributed by atoms with Gasteiger partial charge in [-0.1, -0.05) is 30.3 Å². The molecule has 0 saturated heterocycles. The first-order chi connectivity index (χ1) is 6.29. The number of benzene rings is 1. The molecular weight excluding hydrogens is 188 g/mol. The lowest BCUT2D eigenvalue weighted by molar-refractivity contribution is 0.112. The topological polar surface area (TPSA) is 26.3 Å². The molecule has 0 atom stereocenters. The van der Waals surface area contributed by atoms with Crippen LogP contribution >= 0.6 is 11.6 Å². The number of hydrogen-bond acceptors (Lipinski definition) is 2. The van der Waals surface area contributed by atoms with Crippen LogP contribution in [0.25, 0.3) is 0 Å². The number of halogens is 1. The van der Waals surface area contributed by atoms with Crippen molar-refractivity contribution in [3.8, 4) is 5.75 Å². The van der Waals surface area contributed by atoms with Gasteiger partial charge in [0.15, 0.2) is 6.29 Å². The highest BCUT2D eigenvalue weighted by molar-refractivity contribution is 6.32. The molecule has 0 bridgehead atoms. The normalized spacial score (nSPS) is 9.31. The summed E-state index contributed by atoms with van der Waals surface area (Å²) in [5.74, 6) is 0.416. The summed E-state index contributed by atoms with van der Waals surface area (Å²) >= 11 is 5.83. The lowest BCUT2D eigenvalue weighted by Crippen LogP contribution is -1.97. The van der Waals surface area contributed by atoms with E-state index in [1.54, 1.807) is 24.3 Å². The summed E-state index contributed by atoms with van der Waals surface area (Å²) in [7, 11) is 0. The van der Waals surface area contributed by atoms with Gasteiger partial charge < -0.3 is 4.74 Å². The fraction of sp³-hybridized carbons (Fsp3) is 0.100. The summed E-state index contributed by atoms with van der Waals surface area (Å²) < 4.78 is 5.23. The minimum Gasteiger partial charge on any atom is -0.487 e. The van der Waals surface area contributed by atoms with E-state index in [2.05, 4.69) is 6.58 Å². The smallest absolute Gasteiger partial charge is 0.153 e. The first-order valence-electron chi connectivity index (χ1n) is 3.77. The number of aldehydes is 1. The maximum atomic E-state index is 10.6. The Hall–Kier alpha value is -1.28. The third kappa shape index (κ3) is 2.33. The zero-order valence-corrected chi connectivity index (χ0v) is 7.75. The van der Waals surface area contributed by atoms with Gasteiger partial charge in [-0.3, -0.25) is 4.79 Å². The molecule has 0 heterocycles. The van der Waals surface area contributed by atoms with Crippen molar-refractivity contribution in [2.45, 2.75) is 0 Å². The van der Waals surface area contributed by atoms with Crippen molar-refractivity contribution in [1.82, 2.24) is 0 Å². The molecule has 0 N–H and O–H groups in total. The van der Waals surface area contributed by atoms with Crippen LogP contribution in [0.1, 0.15) is 10.4 Å². The average molecular weight is 197 g/mol. The molecule has 3 heteroatoms. The standard InChI is InChI=1S/C10H9ClO2/c1-2-6-13-10-8(7-12)4-3-5-9(10)11/h2-5,7H,1,6H2. The van der Waals surface area contributed by atoms with Crippen LogP contribution in [0.3, 0.4) is 0 Å². The van der Waals surface area contributed by atoms with Gasteiger partial charge in [0.1, 0.15) is 12.4 Å². The van der Waals surface area contributed by atoms with Crippen molar-refractivity contribution in [3.05, 3.63) is 41.4 Å². The molecule has 0 radical (unpaired) electrons. The van der Waals surface area contributed by atoms with Crippen LogP contribution in [-0.2, 0) is 0 Å². The number of hydrogen-bond donors (Lipinski definition) is 0. The molecule has 0 aliphatic heterocycles. The Kier molecular flexibility index (Phi) is 3.53. The number of para-hydroxylation sites is 1. The van der Waals surface area contributed by atoms with Crippen LogP contribution in [0, 0.1) is 0 Å². The first-order valence-corrected chi connectivity index (χ1v) is 4.14. The molecule has 2 nitrogen and oxygen atoms in total. The molecule has 0 spiro atoms. The molecule has 0 amide bonds. The Bertz CT molecular complexity index is 321. The van der Waals surface area contributed by atoms with Crippen LogP contribution < -0.4 is 4.74 Å². The second kappa shape index (κ2) is 4.67. The molecule has 1 rings (SSSR count). The average Bonchev–Trinajstić information content (AvgIpc) is 2.15. The quantitative estimate of drug-likeness (QED) is 0.547. The van der Waals surface area contributed by atoms with E-state index in [0.717, 1.165) is 0 Å². The fourth-order valence-corrected chi connectivity index (χ4v) is 1.15. The van der Waals surface area contributed by atoms with Gasteiger partial charge in [-0.15, -0.1) is 0 Å². The van der Waals surface area contributed by atoms with Gasteiger partial charge in [-0.05, 0) is 12.1 Å². The van der Waals surface area contributed by atoms with Crippen molar-refractivity contribution in [3.63, 3.8) is 0 Å². The zero-order valence-electron chi connectivity index (χ0n) is 7.00. The number of rotatable bonds is 4. The molecule has 0 aliphatic carbocycles. The molecule has 0 aliphatic rings. The van der Waals surface area contributed by atoms with Crippen molar-refractivity contribution in [2.24, 2.45) is 0 Å². The molecular formula is C10H9ClO2. The van der Waals surface area contributed by atoms with Crippen LogP contribution in [0.15, 0.2) is 30.9 Å².